The van der Waals surface area contributed by atoms with Crippen molar-refractivity contribution in [3.05, 3.63) is 58.5 Å². The number of carbonyl (C=O) groups is 2. The van der Waals surface area contributed by atoms with Crippen LogP contribution in [0.5, 0.6) is 0 Å². The molecule has 1 amide bonds. The number of carboxylic acid groups (broad SMARTS) is 1. The molecule has 0 saturated carbocycles. The maximum Gasteiger partial charge on any atom is 0.338 e. The highest BCUT2D eigenvalue weighted by atomic mass is 32.1. The largest absolute Gasteiger partial charge is 0.478 e. The van der Waals surface area contributed by atoms with Gasteiger partial charge in [-0.2, -0.15) is 0 Å². The van der Waals surface area contributed by atoms with Gasteiger partial charge in [-0.1, -0.05) is 30.3 Å². The summed E-state index contributed by atoms with van der Waals surface area (Å²) in [5, 5.41) is 12.0. The van der Waals surface area contributed by atoms with Gasteiger partial charge in [0, 0.05) is 11.0 Å². The zero-order valence-electron chi connectivity index (χ0n) is 10.8. The molecule has 4 nitrogen and oxygen atoms in total. The van der Waals surface area contributed by atoms with Crippen molar-refractivity contribution in [2.75, 3.05) is 5.32 Å². The Morgan fingerprint density at radius 3 is 2.60 bits per heavy atom. The van der Waals surface area contributed by atoms with Crippen LogP contribution in [0, 0.1) is 6.92 Å². The van der Waals surface area contributed by atoms with E-state index in [0.717, 1.165) is 10.4 Å². The standard InChI is InChI=1S/C15H13NO3S/c1-10-9-12(15(18)19)14(20-10)16-13(17)8-7-11-5-3-2-4-6-11/h2-9H,1H3,(H,16,17)(H,18,19)/b8-7+. The molecule has 0 atom stereocenters. The van der Waals surface area contributed by atoms with E-state index in [1.54, 1.807) is 19.1 Å². The average Bonchev–Trinajstić information content (AvgIpc) is 2.79. The van der Waals surface area contributed by atoms with Gasteiger partial charge in [0.2, 0.25) is 5.91 Å². The smallest absolute Gasteiger partial charge is 0.338 e. The number of carbonyl (C=O) groups excluding carboxylic acids is 1. The van der Waals surface area contributed by atoms with E-state index in [0.29, 0.717) is 5.00 Å². The van der Waals surface area contributed by atoms with Crippen molar-refractivity contribution in [1.82, 2.24) is 0 Å². The van der Waals surface area contributed by atoms with E-state index in [1.807, 2.05) is 30.3 Å². The van der Waals surface area contributed by atoms with E-state index in [1.165, 1.54) is 17.4 Å². The van der Waals surface area contributed by atoms with Gasteiger partial charge in [-0.15, -0.1) is 11.3 Å². The van der Waals surface area contributed by atoms with E-state index < -0.39 is 5.97 Å². The second kappa shape index (κ2) is 6.16. The molecule has 2 rings (SSSR count). The quantitative estimate of drug-likeness (QED) is 0.847. The average molecular weight is 287 g/mol. The van der Waals surface area contributed by atoms with Crippen LogP contribution < -0.4 is 5.32 Å². The summed E-state index contributed by atoms with van der Waals surface area (Å²) in [7, 11) is 0. The minimum atomic E-state index is -1.04. The minimum Gasteiger partial charge on any atom is -0.478 e. The third-order valence-electron chi connectivity index (χ3n) is 2.55. The van der Waals surface area contributed by atoms with Crippen molar-refractivity contribution in [3.8, 4) is 0 Å². The molecule has 1 aromatic carbocycles. The lowest BCUT2D eigenvalue weighted by Crippen LogP contribution is -2.09. The molecule has 1 aromatic heterocycles. The Balaban J connectivity index is 2.09. The van der Waals surface area contributed by atoms with E-state index in [-0.39, 0.29) is 11.5 Å². The summed E-state index contributed by atoms with van der Waals surface area (Å²) in [5.41, 5.74) is 1.03. The van der Waals surface area contributed by atoms with Crippen molar-refractivity contribution >= 4 is 34.3 Å². The maximum atomic E-state index is 11.8. The van der Waals surface area contributed by atoms with Crippen molar-refractivity contribution < 1.29 is 14.7 Å². The summed E-state index contributed by atoms with van der Waals surface area (Å²) in [4.78, 5) is 23.7. The number of rotatable bonds is 4. The van der Waals surface area contributed by atoms with Crippen LogP contribution in [-0.2, 0) is 4.79 Å². The third-order valence-corrected chi connectivity index (χ3v) is 3.52. The first-order valence-electron chi connectivity index (χ1n) is 5.94. The summed E-state index contributed by atoms with van der Waals surface area (Å²) in [5.74, 6) is -1.39. The van der Waals surface area contributed by atoms with Gasteiger partial charge >= 0.3 is 5.97 Å². The Hall–Kier alpha value is -2.40. The molecule has 0 fully saturated rings. The Morgan fingerprint density at radius 1 is 1.25 bits per heavy atom. The van der Waals surface area contributed by atoms with E-state index in [9.17, 15) is 9.59 Å². The van der Waals surface area contributed by atoms with Gasteiger partial charge in [0.25, 0.3) is 0 Å². The fraction of sp³-hybridized carbons (Fsp3) is 0.0667. The van der Waals surface area contributed by atoms with Crippen molar-refractivity contribution in [2.45, 2.75) is 6.92 Å². The highest BCUT2D eigenvalue weighted by Crippen LogP contribution is 2.27. The van der Waals surface area contributed by atoms with Crippen LogP contribution in [0.25, 0.3) is 6.08 Å². The summed E-state index contributed by atoms with van der Waals surface area (Å²) in [6.07, 6.45) is 3.06. The zero-order valence-corrected chi connectivity index (χ0v) is 11.6. The van der Waals surface area contributed by atoms with Gasteiger partial charge < -0.3 is 10.4 Å². The molecule has 0 bridgehead atoms. The van der Waals surface area contributed by atoms with Crippen LogP contribution in [0.3, 0.4) is 0 Å². The number of thiophene rings is 1. The summed E-state index contributed by atoms with van der Waals surface area (Å²) in [6.45, 7) is 1.80. The Kier molecular flexibility index (Phi) is 4.32. The zero-order chi connectivity index (χ0) is 14.5. The molecule has 1 heterocycles. The van der Waals surface area contributed by atoms with Crippen LogP contribution in [0.4, 0.5) is 5.00 Å². The van der Waals surface area contributed by atoms with E-state index >= 15 is 0 Å². The number of aryl methyl sites for hydroxylation is 1. The van der Waals surface area contributed by atoms with Gasteiger partial charge in [0.05, 0.1) is 5.56 Å². The van der Waals surface area contributed by atoms with Crippen LogP contribution in [0.1, 0.15) is 20.8 Å². The highest BCUT2D eigenvalue weighted by Gasteiger charge is 2.14. The fourth-order valence-corrected chi connectivity index (χ4v) is 2.56. The van der Waals surface area contributed by atoms with Crippen molar-refractivity contribution in [1.29, 1.82) is 0 Å². The number of nitrogens with one attached hydrogen (secondary N) is 1. The van der Waals surface area contributed by atoms with Crippen LogP contribution in [0.15, 0.2) is 42.5 Å². The Labute approximate surface area is 120 Å². The lowest BCUT2D eigenvalue weighted by molar-refractivity contribution is -0.111. The number of anilines is 1. The SMILES string of the molecule is Cc1cc(C(=O)O)c(NC(=O)/C=C/c2ccccc2)s1. The number of hydrogen-bond acceptors (Lipinski definition) is 3. The first kappa shape index (κ1) is 14.0. The van der Waals surface area contributed by atoms with Crippen LogP contribution in [-0.4, -0.2) is 17.0 Å². The minimum absolute atomic E-state index is 0.119. The molecular weight excluding hydrogens is 274 g/mol. The normalized spacial score (nSPS) is 10.7. The second-order valence-corrected chi connectivity index (χ2v) is 5.39. The molecular formula is C15H13NO3S. The molecule has 0 unspecified atom stereocenters. The van der Waals surface area contributed by atoms with Gasteiger partial charge in [-0.05, 0) is 24.6 Å². The molecule has 0 spiro atoms. The lowest BCUT2D eigenvalue weighted by Gasteiger charge is -2.00. The first-order chi connectivity index (χ1) is 9.56. The molecule has 2 N–H and O–H groups in total. The predicted molar refractivity (Wildman–Crippen MR) is 80.1 cm³/mol. The molecule has 0 saturated heterocycles. The van der Waals surface area contributed by atoms with Crippen molar-refractivity contribution in [2.24, 2.45) is 0 Å². The third kappa shape index (κ3) is 3.55. The number of amides is 1. The first-order valence-corrected chi connectivity index (χ1v) is 6.76. The fourth-order valence-electron chi connectivity index (χ4n) is 1.66. The maximum absolute atomic E-state index is 11.8. The monoisotopic (exact) mass is 287 g/mol. The molecule has 5 heteroatoms. The molecule has 0 aliphatic carbocycles. The molecule has 2 aromatic rings. The van der Waals surface area contributed by atoms with E-state index in [4.69, 9.17) is 5.11 Å². The molecule has 0 aliphatic heterocycles. The van der Waals surface area contributed by atoms with Gasteiger partial charge in [0.1, 0.15) is 5.00 Å². The van der Waals surface area contributed by atoms with Gasteiger partial charge in [-0.25, -0.2) is 4.79 Å². The molecule has 0 aliphatic rings. The highest BCUT2D eigenvalue weighted by molar-refractivity contribution is 7.16. The summed E-state index contributed by atoms with van der Waals surface area (Å²) >= 11 is 1.25. The predicted octanol–water partition coefficient (Wildman–Crippen LogP) is 3.41. The Morgan fingerprint density at radius 2 is 1.95 bits per heavy atom. The molecule has 0 radical (unpaired) electrons. The number of benzene rings is 1. The summed E-state index contributed by atoms with van der Waals surface area (Å²) < 4.78 is 0. The van der Waals surface area contributed by atoms with Crippen LogP contribution >= 0.6 is 11.3 Å². The van der Waals surface area contributed by atoms with Gasteiger partial charge in [-0.3, -0.25) is 4.79 Å². The number of aromatic carboxylic acids is 1. The second-order valence-electron chi connectivity index (χ2n) is 4.14. The number of hydrogen-bond donors (Lipinski definition) is 2. The molecule has 102 valence electrons. The van der Waals surface area contributed by atoms with Gasteiger partial charge in [0.15, 0.2) is 0 Å². The molecule has 20 heavy (non-hydrogen) atoms. The summed E-state index contributed by atoms with van der Waals surface area (Å²) in [6, 6.07) is 10.9. The van der Waals surface area contributed by atoms with Crippen molar-refractivity contribution in [3.63, 3.8) is 0 Å². The number of carboxylic acids is 1. The lowest BCUT2D eigenvalue weighted by atomic mass is 10.2. The van der Waals surface area contributed by atoms with E-state index in [2.05, 4.69) is 5.32 Å². The topological polar surface area (TPSA) is 66.4 Å². The van der Waals surface area contributed by atoms with Crippen LogP contribution in [0.2, 0.25) is 0 Å². The Bertz CT molecular complexity index is 659.